The van der Waals surface area contributed by atoms with Gasteiger partial charge in [0.2, 0.25) is 0 Å². The topological polar surface area (TPSA) is 32.3 Å². The second kappa shape index (κ2) is 12.2. The molecule has 0 spiro atoms. The molecular formula is C24H20BrCl3F6N2O. The molecule has 0 atom stereocenters. The predicted octanol–water partition coefficient (Wildman–Crippen LogP) is 8.35. The van der Waals surface area contributed by atoms with Crippen molar-refractivity contribution in [2.75, 3.05) is 19.6 Å². The van der Waals surface area contributed by atoms with Gasteiger partial charge in [-0.25, -0.2) is 0 Å². The zero-order valence-corrected chi connectivity index (χ0v) is 22.8. The lowest BCUT2D eigenvalue weighted by Crippen LogP contribution is -2.47. The summed E-state index contributed by atoms with van der Waals surface area (Å²) < 4.78 is 79.2. The predicted molar refractivity (Wildman–Crippen MR) is 136 cm³/mol. The van der Waals surface area contributed by atoms with Crippen LogP contribution in [0.5, 0.6) is 0 Å². The minimum absolute atomic E-state index is 0.0433. The average Bonchev–Trinajstić information content (AvgIpc) is 2.77. The monoisotopic (exact) mass is 650 g/mol. The second-order valence-corrected chi connectivity index (χ2v) is 10.6. The fourth-order valence-electron chi connectivity index (χ4n) is 3.95. The standard InChI is InChI=1S/C24H20BrCl3F6N2O/c25-18-9-13(2-4-17(24(32,33)34)14-10-19(26)21(28)20(27)11-14)1-3-16(18)22(37)35-15-5-7-36(8-6-15)12-23(29,30)31/h1,3-4,9-11,15H,2,5-8,12H2,(H,35,37)/b17-4+. The van der Waals surface area contributed by atoms with Crippen LogP contribution in [0.1, 0.15) is 34.3 Å². The Morgan fingerprint density at radius 3 is 2.14 bits per heavy atom. The van der Waals surface area contributed by atoms with E-state index in [2.05, 4.69) is 21.2 Å². The number of hydrogen-bond donors (Lipinski definition) is 1. The van der Waals surface area contributed by atoms with Gasteiger partial charge >= 0.3 is 12.4 Å². The maximum atomic E-state index is 13.7. The van der Waals surface area contributed by atoms with Crippen LogP contribution >= 0.6 is 50.7 Å². The van der Waals surface area contributed by atoms with E-state index in [-0.39, 0.29) is 51.7 Å². The molecule has 1 fully saturated rings. The highest BCUT2D eigenvalue weighted by molar-refractivity contribution is 9.10. The highest BCUT2D eigenvalue weighted by Gasteiger charge is 2.35. The molecule has 1 amide bonds. The fraction of sp³-hybridized carbons (Fsp3) is 0.375. The maximum Gasteiger partial charge on any atom is 0.416 e. The third-order valence-electron chi connectivity index (χ3n) is 5.75. The van der Waals surface area contributed by atoms with E-state index < -0.39 is 30.4 Å². The Labute approximate surface area is 232 Å². The van der Waals surface area contributed by atoms with Crippen molar-refractivity contribution in [1.29, 1.82) is 0 Å². The summed E-state index contributed by atoms with van der Waals surface area (Å²) >= 11 is 20.9. The van der Waals surface area contributed by atoms with Gasteiger partial charge in [-0.05, 0) is 70.6 Å². The molecule has 1 aliphatic heterocycles. The molecule has 202 valence electrons. The van der Waals surface area contributed by atoms with Crippen molar-refractivity contribution in [1.82, 2.24) is 10.2 Å². The molecule has 1 saturated heterocycles. The van der Waals surface area contributed by atoms with Gasteiger partial charge < -0.3 is 5.32 Å². The zero-order chi connectivity index (χ0) is 27.5. The van der Waals surface area contributed by atoms with Crippen LogP contribution in [0, 0.1) is 0 Å². The third-order valence-corrected chi connectivity index (χ3v) is 7.60. The molecule has 3 nitrogen and oxygen atoms in total. The van der Waals surface area contributed by atoms with Crippen molar-refractivity contribution >= 4 is 62.2 Å². The van der Waals surface area contributed by atoms with Gasteiger partial charge in [-0.3, -0.25) is 9.69 Å². The molecule has 0 radical (unpaired) electrons. The van der Waals surface area contributed by atoms with Crippen LogP contribution in [0.2, 0.25) is 15.1 Å². The molecule has 3 rings (SSSR count). The number of allylic oxidation sites excluding steroid dienone is 2. The first-order valence-electron chi connectivity index (χ1n) is 10.9. The number of nitrogens with zero attached hydrogens (tertiary/aromatic N) is 1. The molecule has 37 heavy (non-hydrogen) atoms. The smallest absolute Gasteiger partial charge is 0.349 e. The molecule has 0 aromatic heterocycles. The van der Waals surface area contributed by atoms with Gasteiger partial charge in [0.1, 0.15) is 0 Å². The summed E-state index contributed by atoms with van der Waals surface area (Å²) in [5, 5.41) is 2.55. The first kappa shape index (κ1) is 30.1. The SMILES string of the molecule is O=C(NC1CCN(CC(F)(F)F)CC1)c1ccc(C/C=C(\c2cc(Cl)c(Cl)c(Cl)c2)C(F)(F)F)cc1Br. The number of alkyl halides is 6. The van der Waals surface area contributed by atoms with Crippen LogP contribution < -0.4 is 5.32 Å². The lowest BCUT2D eigenvalue weighted by Gasteiger charge is -2.32. The molecule has 1 heterocycles. The first-order chi connectivity index (χ1) is 17.1. The summed E-state index contributed by atoms with van der Waals surface area (Å²) in [7, 11) is 0. The summed E-state index contributed by atoms with van der Waals surface area (Å²) in [4.78, 5) is 14.0. The van der Waals surface area contributed by atoms with E-state index in [1.54, 1.807) is 0 Å². The van der Waals surface area contributed by atoms with Crippen LogP contribution in [-0.2, 0) is 6.42 Å². The van der Waals surface area contributed by atoms with E-state index in [4.69, 9.17) is 34.8 Å². The van der Waals surface area contributed by atoms with Gasteiger partial charge in [0.05, 0.1) is 32.7 Å². The number of halogens is 10. The van der Waals surface area contributed by atoms with Crippen LogP contribution in [0.25, 0.3) is 5.57 Å². The number of piperidine rings is 1. The first-order valence-corrected chi connectivity index (χ1v) is 12.9. The van der Waals surface area contributed by atoms with Crippen molar-refractivity contribution in [2.24, 2.45) is 0 Å². The summed E-state index contributed by atoms with van der Waals surface area (Å²) in [6.45, 7) is -0.561. The summed E-state index contributed by atoms with van der Waals surface area (Å²) in [6, 6.07) is 6.44. The molecule has 2 aromatic carbocycles. The van der Waals surface area contributed by atoms with Crippen molar-refractivity contribution in [3.05, 3.63) is 72.6 Å². The lowest BCUT2D eigenvalue weighted by atomic mass is 10.0. The van der Waals surface area contributed by atoms with Gasteiger partial charge in [-0.1, -0.05) is 46.9 Å². The fourth-order valence-corrected chi connectivity index (χ4v) is 5.15. The number of amides is 1. The molecule has 0 aliphatic carbocycles. The van der Waals surface area contributed by atoms with E-state index in [0.29, 0.717) is 22.9 Å². The third kappa shape index (κ3) is 8.51. The summed E-state index contributed by atoms with van der Waals surface area (Å²) in [5.74, 6) is -0.426. The summed E-state index contributed by atoms with van der Waals surface area (Å²) in [6.07, 6.45) is -7.32. The van der Waals surface area contributed by atoms with E-state index in [9.17, 15) is 31.1 Å². The number of rotatable bonds is 6. The Balaban J connectivity index is 1.68. The van der Waals surface area contributed by atoms with Gasteiger partial charge in [-0.15, -0.1) is 0 Å². The van der Waals surface area contributed by atoms with E-state index in [1.807, 2.05) is 0 Å². The Morgan fingerprint density at radius 1 is 1.03 bits per heavy atom. The average molecular weight is 653 g/mol. The van der Waals surface area contributed by atoms with Crippen molar-refractivity contribution in [3.63, 3.8) is 0 Å². The van der Waals surface area contributed by atoms with Crippen molar-refractivity contribution < 1.29 is 31.1 Å². The van der Waals surface area contributed by atoms with Crippen LogP contribution in [0.15, 0.2) is 40.9 Å². The number of hydrogen-bond acceptors (Lipinski definition) is 2. The molecule has 1 aliphatic rings. The van der Waals surface area contributed by atoms with Gasteiger partial charge in [-0.2, -0.15) is 26.3 Å². The maximum absolute atomic E-state index is 13.7. The van der Waals surface area contributed by atoms with Crippen LogP contribution in [0.3, 0.4) is 0 Å². The molecule has 0 unspecified atom stereocenters. The van der Waals surface area contributed by atoms with Crippen LogP contribution in [0.4, 0.5) is 26.3 Å². The Kier molecular flexibility index (Phi) is 9.88. The number of carbonyl (C=O) groups excluding carboxylic acids is 1. The summed E-state index contributed by atoms with van der Waals surface area (Å²) in [5.41, 5.74) is -0.416. The number of carbonyl (C=O) groups is 1. The Bertz CT molecular complexity index is 1160. The molecule has 13 heteroatoms. The molecule has 2 aromatic rings. The number of benzene rings is 2. The van der Waals surface area contributed by atoms with Gasteiger partial charge in [0.25, 0.3) is 5.91 Å². The molecule has 0 saturated carbocycles. The van der Waals surface area contributed by atoms with E-state index in [1.165, 1.54) is 23.1 Å². The van der Waals surface area contributed by atoms with Crippen molar-refractivity contribution in [3.8, 4) is 0 Å². The highest BCUT2D eigenvalue weighted by Crippen LogP contribution is 2.39. The second-order valence-electron chi connectivity index (χ2n) is 8.53. The van der Waals surface area contributed by atoms with Gasteiger partial charge in [0, 0.05) is 23.6 Å². The van der Waals surface area contributed by atoms with Crippen molar-refractivity contribution in [2.45, 2.75) is 37.7 Å². The highest BCUT2D eigenvalue weighted by atomic mass is 79.9. The molecule has 1 N–H and O–H groups in total. The Morgan fingerprint density at radius 2 is 1.62 bits per heavy atom. The van der Waals surface area contributed by atoms with E-state index in [0.717, 1.165) is 18.2 Å². The quantitative estimate of drug-likeness (QED) is 0.251. The zero-order valence-electron chi connectivity index (χ0n) is 18.9. The molecule has 0 bridgehead atoms. The number of likely N-dealkylation sites (tertiary alicyclic amines) is 1. The minimum atomic E-state index is -4.69. The number of nitrogens with one attached hydrogen (secondary N) is 1. The van der Waals surface area contributed by atoms with Gasteiger partial charge in [0.15, 0.2) is 0 Å². The van der Waals surface area contributed by atoms with Crippen LogP contribution in [-0.4, -0.2) is 48.8 Å². The normalized spacial score (nSPS) is 16.2. The lowest BCUT2D eigenvalue weighted by molar-refractivity contribution is -0.148. The van der Waals surface area contributed by atoms with E-state index >= 15 is 0 Å². The largest absolute Gasteiger partial charge is 0.416 e. The Hall–Kier alpha value is -1.46. The minimum Gasteiger partial charge on any atom is -0.349 e. The molecular weight excluding hydrogens is 633 g/mol.